The smallest absolute Gasteiger partial charge is 0.191 e. The van der Waals surface area contributed by atoms with Crippen LogP contribution in [0.3, 0.4) is 0 Å². The Morgan fingerprint density at radius 2 is 2.30 bits per heavy atom. The van der Waals surface area contributed by atoms with Gasteiger partial charge in [0.05, 0.1) is 11.7 Å². The van der Waals surface area contributed by atoms with Gasteiger partial charge in [-0.1, -0.05) is 11.8 Å². The molecule has 1 aliphatic rings. The van der Waals surface area contributed by atoms with Gasteiger partial charge in [-0.3, -0.25) is 0 Å². The first-order valence-corrected chi connectivity index (χ1v) is 8.32. The van der Waals surface area contributed by atoms with Crippen LogP contribution in [-0.2, 0) is 5.75 Å². The number of imidazole rings is 1. The lowest BCUT2D eigenvalue weighted by Crippen LogP contribution is -1.99. The van der Waals surface area contributed by atoms with E-state index in [1.54, 1.807) is 23.1 Å². The van der Waals surface area contributed by atoms with Gasteiger partial charge in [-0.05, 0) is 24.3 Å². The first-order chi connectivity index (χ1) is 9.81. The zero-order valence-corrected chi connectivity index (χ0v) is 12.3. The van der Waals surface area contributed by atoms with Crippen molar-refractivity contribution in [2.75, 3.05) is 5.73 Å². The monoisotopic (exact) mass is 303 g/mol. The topological polar surface area (TPSA) is 69.6 Å². The summed E-state index contributed by atoms with van der Waals surface area (Å²) >= 11 is 3.21. The Morgan fingerprint density at radius 3 is 3.15 bits per heavy atom. The van der Waals surface area contributed by atoms with Crippen LogP contribution in [0.4, 0.5) is 5.82 Å². The molecule has 0 atom stereocenters. The number of nitrogen functional groups attached to an aromatic ring is 1. The summed E-state index contributed by atoms with van der Waals surface area (Å²) in [6.45, 7) is 0. The zero-order chi connectivity index (χ0) is 13.5. The average molecular weight is 303 g/mol. The number of anilines is 1. The van der Waals surface area contributed by atoms with Crippen molar-refractivity contribution in [3.63, 3.8) is 0 Å². The predicted octanol–water partition coefficient (Wildman–Crippen LogP) is 3.10. The van der Waals surface area contributed by atoms with E-state index < -0.39 is 0 Å². The molecule has 0 radical (unpaired) electrons. The van der Waals surface area contributed by atoms with Crippen LogP contribution in [0, 0.1) is 0 Å². The fraction of sp³-hybridized carbons (Fsp3) is 0.308. The molecule has 3 aromatic heterocycles. The number of nitrogens with zero attached hydrogens (tertiary/aromatic N) is 4. The molecule has 102 valence electrons. The molecular weight excluding hydrogens is 290 g/mol. The molecule has 0 amide bonds. The second-order valence-corrected chi connectivity index (χ2v) is 6.68. The summed E-state index contributed by atoms with van der Waals surface area (Å²) < 4.78 is 2.26. The standard InChI is InChI=1S/C13H13N5S2/c14-11-10-3-4-19-12(10)17-13(16-11)20-6-9-5-15-7-18(9)8-1-2-8/h3-5,7-8H,1-2,6H2,(H2,14,16,17). The van der Waals surface area contributed by atoms with Crippen LogP contribution in [0.5, 0.6) is 0 Å². The Morgan fingerprint density at radius 1 is 1.40 bits per heavy atom. The van der Waals surface area contributed by atoms with Gasteiger partial charge in [0.2, 0.25) is 0 Å². The molecule has 0 aliphatic heterocycles. The van der Waals surface area contributed by atoms with E-state index in [1.165, 1.54) is 18.5 Å². The van der Waals surface area contributed by atoms with Gasteiger partial charge in [0.15, 0.2) is 5.16 Å². The molecule has 1 aliphatic carbocycles. The molecule has 0 saturated heterocycles. The number of hydrogen-bond donors (Lipinski definition) is 1. The molecular formula is C13H13N5S2. The van der Waals surface area contributed by atoms with Crippen LogP contribution in [0.1, 0.15) is 24.6 Å². The van der Waals surface area contributed by atoms with Gasteiger partial charge in [0, 0.05) is 23.7 Å². The normalized spacial score (nSPS) is 15.0. The van der Waals surface area contributed by atoms with Gasteiger partial charge in [-0.15, -0.1) is 11.3 Å². The van der Waals surface area contributed by atoms with Crippen LogP contribution in [0.25, 0.3) is 10.2 Å². The second kappa shape index (κ2) is 4.75. The third kappa shape index (κ3) is 2.16. The van der Waals surface area contributed by atoms with E-state index in [9.17, 15) is 0 Å². The van der Waals surface area contributed by atoms with E-state index in [2.05, 4.69) is 19.5 Å². The van der Waals surface area contributed by atoms with Gasteiger partial charge < -0.3 is 10.3 Å². The minimum absolute atomic E-state index is 0.564. The van der Waals surface area contributed by atoms with E-state index in [0.29, 0.717) is 11.9 Å². The number of nitrogens with two attached hydrogens (primary N) is 1. The lowest BCUT2D eigenvalue weighted by Gasteiger charge is -2.06. The first-order valence-electron chi connectivity index (χ1n) is 6.45. The van der Waals surface area contributed by atoms with E-state index in [0.717, 1.165) is 21.1 Å². The molecule has 7 heteroatoms. The van der Waals surface area contributed by atoms with E-state index in [1.807, 2.05) is 24.0 Å². The molecule has 0 aromatic carbocycles. The maximum absolute atomic E-state index is 5.96. The largest absolute Gasteiger partial charge is 0.383 e. The summed E-state index contributed by atoms with van der Waals surface area (Å²) in [7, 11) is 0. The summed E-state index contributed by atoms with van der Waals surface area (Å²) in [5.74, 6) is 1.39. The molecule has 3 heterocycles. The predicted molar refractivity (Wildman–Crippen MR) is 81.9 cm³/mol. The van der Waals surface area contributed by atoms with Crippen molar-refractivity contribution < 1.29 is 0 Å². The van der Waals surface area contributed by atoms with Gasteiger partial charge in [0.25, 0.3) is 0 Å². The van der Waals surface area contributed by atoms with Crippen molar-refractivity contribution in [3.8, 4) is 0 Å². The number of thioether (sulfide) groups is 1. The molecule has 0 bridgehead atoms. The maximum Gasteiger partial charge on any atom is 0.191 e. The maximum atomic E-state index is 5.96. The zero-order valence-electron chi connectivity index (χ0n) is 10.7. The molecule has 1 saturated carbocycles. The summed E-state index contributed by atoms with van der Waals surface area (Å²) in [6.07, 6.45) is 6.38. The molecule has 3 aromatic rings. The highest BCUT2D eigenvalue weighted by atomic mass is 32.2. The van der Waals surface area contributed by atoms with Crippen molar-refractivity contribution in [2.45, 2.75) is 29.8 Å². The average Bonchev–Trinajstić information content (AvgIpc) is 3.00. The van der Waals surface area contributed by atoms with Crippen molar-refractivity contribution in [1.29, 1.82) is 0 Å². The Labute approximate surface area is 124 Å². The molecule has 0 spiro atoms. The van der Waals surface area contributed by atoms with Crippen LogP contribution in [0.15, 0.2) is 29.1 Å². The third-order valence-electron chi connectivity index (χ3n) is 3.37. The summed E-state index contributed by atoms with van der Waals surface area (Å²) in [5, 5.41) is 3.68. The highest BCUT2D eigenvalue weighted by molar-refractivity contribution is 7.98. The SMILES string of the molecule is Nc1nc(SCc2cncn2C2CC2)nc2sccc12. The van der Waals surface area contributed by atoms with E-state index in [-0.39, 0.29) is 0 Å². The molecule has 0 unspecified atom stereocenters. The molecule has 4 rings (SSSR count). The Balaban J connectivity index is 1.56. The summed E-state index contributed by atoms with van der Waals surface area (Å²) in [4.78, 5) is 14.1. The van der Waals surface area contributed by atoms with Crippen molar-refractivity contribution >= 4 is 39.1 Å². The molecule has 20 heavy (non-hydrogen) atoms. The fourth-order valence-corrected chi connectivity index (χ4v) is 3.84. The van der Waals surface area contributed by atoms with Crippen molar-refractivity contribution in [2.24, 2.45) is 0 Å². The molecule has 5 nitrogen and oxygen atoms in total. The first kappa shape index (κ1) is 12.2. The third-order valence-corrected chi connectivity index (χ3v) is 5.06. The lowest BCUT2D eigenvalue weighted by molar-refractivity contribution is 0.713. The quantitative estimate of drug-likeness (QED) is 0.592. The minimum atomic E-state index is 0.564. The number of fused-ring (bicyclic) bond motifs is 1. The van der Waals surface area contributed by atoms with Crippen LogP contribution >= 0.6 is 23.1 Å². The minimum Gasteiger partial charge on any atom is -0.383 e. The number of rotatable bonds is 4. The number of hydrogen-bond acceptors (Lipinski definition) is 6. The van der Waals surface area contributed by atoms with Crippen LogP contribution in [-0.4, -0.2) is 19.5 Å². The highest BCUT2D eigenvalue weighted by Crippen LogP contribution is 2.36. The molecule has 2 N–H and O–H groups in total. The van der Waals surface area contributed by atoms with Gasteiger partial charge >= 0.3 is 0 Å². The molecule has 1 fully saturated rings. The van der Waals surface area contributed by atoms with Crippen molar-refractivity contribution in [3.05, 3.63) is 29.7 Å². The lowest BCUT2D eigenvalue weighted by atomic mass is 10.4. The van der Waals surface area contributed by atoms with Crippen molar-refractivity contribution in [1.82, 2.24) is 19.5 Å². The van der Waals surface area contributed by atoms with Gasteiger partial charge in [0.1, 0.15) is 10.6 Å². The number of thiophene rings is 1. The Bertz CT molecular complexity index is 759. The summed E-state index contributed by atoms with van der Waals surface area (Å²) in [5.41, 5.74) is 7.19. The van der Waals surface area contributed by atoms with E-state index in [4.69, 9.17) is 5.73 Å². The van der Waals surface area contributed by atoms with Crippen LogP contribution < -0.4 is 5.73 Å². The van der Waals surface area contributed by atoms with Crippen LogP contribution in [0.2, 0.25) is 0 Å². The number of aromatic nitrogens is 4. The summed E-state index contributed by atoms with van der Waals surface area (Å²) in [6, 6.07) is 2.62. The highest BCUT2D eigenvalue weighted by Gasteiger charge is 2.25. The van der Waals surface area contributed by atoms with Gasteiger partial charge in [-0.2, -0.15) is 0 Å². The Kier molecular flexibility index (Phi) is 2.89. The Hall–Kier alpha value is -1.60. The van der Waals surface area contributed by atoms with Gasteiger partial charge in [-0.25, -0.2) is 15.0 Å². The van der Waals surface area contributed by atoms with E-state index >= 15 is 0 Å². The second-order valence-electron chi connectivity index (χ2n) is 4.84. The fourth-order valence-electron chi connectivity index (χ4n) is 2.19.